The lowest BCUT2D eigenvalue weighted by molar-refractivity contribution is 0.293. The SMILES string of the molecule is CNC1CCCN(S(=O)(=O)c2cnn(-c3cc(Cl)ccc3OC)c2)C1. The number of ether oxygens (including phenoxy) is 1. The van der Waals surface area contributed by atoms with Gasteiger partial charge in [0.15, 0.2) is 0 Å². The fourth-order valence-corrected chi connectivity index (χ4v) is 4.58. The van der Waals surface area contributed by atoms with Gasteiger partial charge < -0.3 is 10.1 Å². The summed E-state index contributed by atoms with van der Waals surface area (Å²) in [6, 6.07) is 5.28. The second-order valence-electron chi connectivity index (χ2n) is 5.93. The summed E-state index contributed by atoms with van der Waals surface area (Å²) >= 11 is 6.04. The van der Waals surface area contributed by atoms with E-state index in [1.165, 1.54) is 21.4 Å². The Labute approximate surface area is 152 Å². The average molecular weight is 385 g/mol. The lowest BCUT2D eigenvalue weighted by Crippen LogP contribution is -2.46. The number of sulfonamides is 1. The third-order valence-corrected chi connectivity index (χ3v) is 6.43. The normalized spacial score (nSPS) is 19.1. The van der Waals surface area contributed by atoms with Crippen LogP contribution in [-0.4, -0.2) is 55.8 Å². The summed E-state index contributed by atoms with van der Waals surface area (Å²) in [5.74, 6) is 0.560. The molecule has 1 aromatic heterocycles. The van der Waals surface area contributed by atoms with Crippen molar-refractivity contribution < 1.29 is 13.2 Å². The molecule has 0 amide bonds. The molecule has 0 radical (unpaired) electrons. The van der Waals surface area contributed by atoms with Crippen molar-refractivity contribution in [1.29, 1.82) is 0 Å². The molecular weight excluding hydrogens is 364 g/mol. The van der Waals surface area contributed by atoms with Gasteiger partial charge in [-0.2, -0.15) is 9.40 Å². The molecule has 0 saturated carbocycles. The predicted octanol–water partition coefficient (Wildman–Crippen LogP) is 1.91. The molecule has 2 aromatic rings. The summed E-state index contributed by atoms with van der Waals surface area (Å²) in [5, 5.41) is 7.86. The van der Waals surface area contributed by atoms with Gasteiger partial charge in [0.2, 0.25) is 10.0 Å². The van der Waals surface area contributed by atoms with Crippen molar-refractivity contribution in [3.63, 3.8) is 0 Å². The maximum absolute atomic E-state index is 12.9. The first-order chi connectivity index (χ1) is 12.0. The van der Waals surface area contributed by atoms with Crippen molar-refractivity contribution in [2.24, 2.45) is 0 Å². The van der Waals surface area contributed by atoms with Gasteiger partial charge in [0.05, 0.1) is 19.5 Å². The van der Waals surface area contributed by atoms with Gasteiger partial charge in [-0.05, 0) is 38.1 Å². The minimum absolute atomic E-state index is 0.159. The molecule has 0 spiro atoms. The lowest BCUT2D eigenvalue weighted by Gasteiger charge is -2.31. The number of methoxy groups -OCH3 is 1. The number of benzene rings is 1. The molecule has 3 rings (SSSR count). The smallest absolute Gasteiger partial charge is 0.246 e. The number of nitrogens with one attached hydrogen (secondary N) is 1. The van der Waals surface area contributed by atoms with Gasteiger partial charge in [0, 0.05) is 24.2 Å². The summed E-state index contributed by atoms with van der Waals surface area (Å²) < 4.78 is 34.1. The first-order valence-corrected chi connectivity index (χ1v) is 9.83. The highest BCUT2D eigenvalue weighted by molar-refractivity contribution is 7.89. The van der Waals surface area contributed by atoms with Gasteiger partial charge in [-0.3, -0.25) is 0 Å². The van der Waals surface area contributed by atoms with Gasteiger partial charge in [0.1, 0.15) is 16.3 Å². The predicted molar refractivity (Wildman–Crippen MR) is 96.0 cm³/mol. The Morgan fingerprint density at radius 3 is 2.92 bits per heavy atom. The van der Waals surface area contributed by atoms with Crippen LogP contribution in [0, 0.1) is 0 Å². The standard InChI is InChI=1S/C16H21ClN4O3S/c1-18-13-4-3-7-20(10-13)25(22,23)14-9-19-21(11-14)15-8-12(17)5-6-16(15)24-2/h5-6,8-9,11,13,18H,3-4,7,10H2,1-2H3. The van der Waals surface area contributed by atoms with Gasteiger partial charge in [0.25, 0.3) is 0 Å². The van der Waals surface area contributed by atoms with Crippen molar-refractivity contribution in [2.45, 2.75) is 23.8 Å². The zero-order valence-electron chi connectivity index (χ0n) is 14.1. The van der Waals surface area contributed by atoms with E-state index in [2.05, 4.69) is 10.4 Å². The molecule has 1 N–H and O–H groups in total. The van der Waals surface area contributed by atoms with Crippen LogP contribution in [0.2, 0.25) is 5.02 Å². The summed E-state index contributed by atoms with van der Waals surface area (Å²) in [6.07, 6.45) is 4.66. The van der Waals surface area contributed by atoms with Gasteiger partial charge in [-0.15, -0.1) is 0 Å². The van der Waals surface area contributed by atoms with Crippen molar-refractivity contribution in [3.8, 4) is 11.4 Å². The Balaban J connectivity index is 1.92. The van der Waals surface area contributed by atoms with Crippen LogP contribution in [0.15, 0.2) is 35.5 Å². The van der Waals surface area contributed by atoms with Crippen LogP contribution >= 0.6 is 11.6 Å². The molecule has 1 aliphatic heterocycles. The summed E-state index contributed by atoms with van der Waals surface area (Å²) in [5.41, 5.74) is 0.586. The zero-order valence-corrected chi connectivity index (χ0v) is 15.7. The molecule has 7 nitrogen and oxygen atoms in total. The molecule has 136 valence electrons. The number of hydrogen-bond acceptors (Lipinski definition) is 5. The zero-order chi connectivity index (χ0) is 18.0. The van der Waals surface area contributed by atoms with E-state index in [0.717, 1.165) is 12.8 Å². The van der Waals surface area contributed by atoms with Crippen LogP contribution in [0.25, 0.3) is 5.69 Å². The highest BCUT2D eigenvalue weighted by atomic mass is 35.5. The number of aromatic nitrogens is 2. The molecule has 1 aromatic carbocycles. The number of hydrogen-bond donors (Lipinski definition) is 1. The van der Waals surface area contributed by atoms with E-state index < -0.39 is 10.0 Å². The molecule has 1 aliphatic rings. The van der Waals surface area contributed by atoms with E-state index in [-0.39, 0.29) is 10.9 Å². The van der Waals surface area contributed by atoms with Gasteiger partial charge in [-0.1, -0.05) is 11.6 Å². The molecule has 0 aliphatic carbocycles. The van der Waals surface area contributed by atoms with Crippen LogP contribution < -0.4 is 10.1 Å². The molecule has 0 bridgehead atoms. The van der Waals surface area contributed by atoms with E-state index in [1.807, 2.05) is 7.05 Å². The van der Waals surface area contributed by atoms with E-state index in [0.29, 0.717) is 29.5 Å². The van der Waals surface area contributed by atoms with Gasteiger partial charge in [-0.25, -0.2) is 13.1 Å². The van der Waals surface area contributed by atoms with Crippen LogP contribution in [0.4, 0.5) is 0 Å². The van der Waals surface area contributed by atoms with Crippen LogP contribution in [0.3, 0.4) is 0 Å². The molecule has 9 heteroatoms. The van der Waals surface area contributed by atoms with Crippen LogP contribution in [0.1, 0.15) is 12.8 Å². The Morgan fingerprint density at radius 2 is 2.20 bits per heavy atom. The number of piperidine rings is 1. The Kier molecular flexibility index (Phi) is 5.33. The third-order valence-electron chi connectivity index (χ3n) is 4.38. The maximum Gasteiger partial charge on any atom is 0.246 e. The fourth-order valence-electron chi connectivity index (χ4n) is 2.96. The van der Waals surface area contributed by atoms with Crippen LogP contribution in [-0.2, 0) is 10.0 Å². The highest BCUT2D eigenvalue weighted by Crippen LogP contribution is 2.27. The first-order valence-electron chi connectivity index (χ1n) is 8.01. The molecule has 2 heterocycles. The summed E-state index contributed by atoms with van der Waals surface area (Å²) in [7, 11) is -0.193. The van der Waals surface area contributed by atoms with E-state index >= 15 is 0 Å². The number of rotatable bonds is 5. The van der Waals surface area contributed by atoms with Crippen LogP contribution in [0.5, 0.6) is 5.75 Å². The maximum atomic E-state index is 12.9. The van der Waals surface area contributed by atoms with Crippen molar-refractivity contribution >= 4 is 21.6 Å². The second kappa shape index (κ2) is 7.33. The Hall–Kier alpha value is -1.61. The quantitative estimate of drug-likeness (QED) is 0.852. The summed E-state index contributed by atoms with van der Waals surface area (Å²) in [6.45, 7) is 0.983. The van der Waals surface area contributed by atoms with E-state index in [9.17, 15) is 8.42 Å². The second-order valence-corrected chi connectivity index (χ2v) is 8.30. The topological polar surface area (TPSA) is 76.5 Å². The van der Waals surface area contributed by atoms with Crippen molar-refractivity contribution in [3.05, 3.63) is 35.6 Å². The largest absolute Gasteiger partial charge is 0.494 e. The molecular formula is C16H21ClN4O3S. The summed E-state index contributed by atoms with van der Waals surface area (Å²) in [4.78, 5) is 0.159. The Bertz CT molecular complexity index is 853. The van der Waals surface area contributed by atoms with E-state index in [1.54, 1.807) is 25.3 Å². The van der Waals surface area contributed by atoms with Crippen molar-refractivity contribution in [1.82, 2.24) is 19.4 Å². The molecule has 1 unspecified atom stereocenters. The first kappa shape index (κ1) is 18.2. The highest BCUT2D eigenvalue weighted by Gasteiger charge is 2.30. The molecule has 1 atom stereocenters. The number of likely N-dealkylation sites (N-methyl/N-ethyl adjacent to an activating group) is 1. The molecule has 1 saturated heterocycles. The average Bonchev–Trinajstić information content (AvgIpc) is 3.12. The van der Waals surface area contributed by atoms with E-state index in [4.69, 9.17) is 16.3 Å². The minimum Gasteiger partial charge on any atom is -0.494 e. The minimum atomic E-state index is -3.59. The number of nitrogens with zero attached hydrogens (tertiary/aromatic N) is 3. The van der Waals surface area contributed by atoms with Crippen molar-refractivity contribution in [2.75, 3.05) is 27.2 Å². The number of halogens is 1. The Morgan fingerprint density at radius 1 is 1.40 bits per heavy atom. The van der Waals surface area contributed by atoms with Gasteiger partial charge >= 0.3 is 0 Å². The molecule has 25 heavy (non-hydrogen) atoms. The third kappa shape index (κ3) is 3.67. The monoisotopic (exact) mass is 384 g/mol. The molecule has 1 fully saturated rings. The lowest BCUT2D eigenvalue weighted by atomic mass is 10.1. The fraction of sp³-hybridized carbons (Fsp3) is 0.438.